The first-order valence-corrected chi connectivity index (χ1v) is 6.42. The van der Waals surface area contributed by atoms with E-state index in [0.29, 0.717) is 17.3 Å². The second kappa shape index (κ2) is 5.13. The van der Waals surface area contributed by atoms with Crippen LogP contribution >= 0.6 is 0 Å². The first-order chi connectivity index (χ1) is 9.76. The first-order valence-electron chi connectivity index (χ1n) is 6.42. The second-order valence-electron chi connectivity index (χ2n) is 4.86. The monoisotopic (exact) mass is 267 g/mol. The third-order valence-electron chi connectivity index (χ3n) is 3.52. The van der Waals surface area contributed by atoms with Crippen molar-refractivity contribution >= 4 is 5.82 Å². The molecule has 1 fully saturated rings. The molecule has 0 atom stereocenters. The van der Waals surface area contributed by atoms with Crippen molar-refractivity contribution in [3.63, 3.8) is 0 Å². The van der Waals surface area contributed by atoms with Gasteiger partial charge >= 0.3 is 0 Å². The molecule has 2 heterocycles. The Morgan fingerprint density at radius 3 is 3.00 bits per heavy atom. The standard InChI is InChI=1S/C14H13N5O/c15-7-9-2-1-3-16-14(9)19-11-4-10(5-11)12-6-13(20)18-8-17-12/h1-3,6,8,10-11H,4-5H2,(H,16,19)(H,17,18,20). The summed E-state index contributed by atoms with van der Waals surface area (Å²) in [7, 11) is 0. The highest BCUT2D eigenvalue weighted by atomic mass is 16.1. The first kappa shape index (κ1) is 12.4. The van der Waals surface area contributed by atoms with Gasteiger partial charge < -0.3 is 10.3 Å². The Balaban J connectivity index is 1.64. The Hall–Kier alpha value is -2.68. The minimum absolute atomic E-state index is 0.122. The van der Waals surface area contributed by atoms with Crippen molar-refractivity contribution in [2.24, 2.45) is 0 Å². The lowest BCUT2D eigenvalue weighted by atomic mass is 9.78. The molecule has 6 nitrogen and oxygen atoms in total. The number of aromatic nitrogens is 3. The van der Waals surface area contributed by atoms with Crippen molar-refractivity contribution in [3.05, 3.63) is 52.3 Å². The highest BCUT2D eigenvalue weighted by molar-refractivity contribution is 5.52. The normalized spacial score (nSPS) is 20.8. The van der Waals surface area contributed by atoms with E-state index in [4.69, 9.17) is 5.26 Å². The molecule has 20 heavy (non-hydrogen) atoms. The highest BCUT2D eigenvalue weighted by Crippen LogP contribution is 2.37. The summed E-state index contributed by atoms with van der Waals surface area (Å²) in [5.41, 5.74) is 1.25. The summed E-state index contributed by atoms with van der Waals surface area (Å²) in [6.45, 7) is 0. The summed E-state index contributed by atoms with van der Waals surface area (Å²) in [5, 5.41) is 12.3. The van der Waals surface area contributed by atoms with Crippen LogP contribution in [0.3, 0.4) is 0 Å². The molecule has 2 N–H and O–H groups in total. The molecule has 100 valence electrons. The van der Waals surface area contributed by atoms with Crippen molar-refractivity contribution in [2.75, 3.05) is 5.32 Å². The molecule has 2 aromatic rings. The van der Waals surface area contributed by atoms with Crippen molar-refractivity contribution in [1.82, 2.24) is 15.0 Å². The van der Waals surface area contributed by atoms with E-state index in [1.54, 1.807) is 24.4 Å². The molecule has 0 amide bonds. The number of rotatable bonds is 3. The number of aromatic amines is 1. The van der Waals surface area contributed by atoms with Gasteiger partial charge in [-0.05, 0) is 25.0 Å². The molecule has 1 aliphatic rings. The molecule has 0 bridgehead atoms. The lowest BCUT2D eigenvalue weighted by molar-refractivity contribution is 0.365. The van der Waals surface area contributed by atoms with E-state index >= 15 is 0 Å². The number of nitriles is 1. The molecule has 0 aromatic carbocycles. The van der Waals surface area contributed by atoms with Gasteiger partial charge in [0.25, 0.3) is 5.56 Å². The van der Waals surface area contributed by atoms with Gasteiger partial charge in [0, 0.05) is 24.2 Å². The minimum atomic E-state index is -0.122. The van der Waals surface area contributed by atoms with Crippen LogP contribution in [0.15, 0.2) is 35.5 Å². The van der Waals surface area contributed by atoms with Gasteiger partial charge in [0.15, 0.2) is 0 Å². The lowest BCUT2D eigenvalue weighted by Gasteiger charge is -2.35. The van der Waals surface area contributed by atoms with Crippen LogP contribution in [0.5, 0.6) is 0 Å². The van der Waals surface area contributed by atoms with Crippen LogP contribution in [-0.4, -0.2) is 21.0 Å². The Kier molecular flexibility index (Phi) is 3.17. The van der Waals surface area contributed by atoms with E-state index in [1.165, 1.54) is 6.33 Å². The molecule has 0 saturated heterocycles. The Bertz CT molecular complexity index is 712. The van der Waals surface area contributed by atoms with Gasteiger partial charge in [-0.1, -0.05) is 0 Å². The average Bonchev–Trinajstić information content (AvgIpc) is 2.42. The van der Waals surface area contributed by atoms with Gasteiger partial charge in [0.05, 0.1) is 17.6 Å². The predicted octanol–water partition coefficient (Wildman–Crippen LogP) is 1.39. The van der Waals surface area contributed by atoms with Gasteiger partial charge in [0.2, 0.25) is 0 Å². The molecular formula is C14H13N5O. The molecule has 0 aliphatic heterocycles. The number of H-pyrrole nitrogens is 1. The van der Waals surface area contributed by atoms with Gasteiger partial charge in [-0.3, -0.25) is 4.79 Å². The Labute approximate surface area is 115 Å². The largest absolute Gasteiger partial charge is 0.366 e. The summed E-state index contributed by atoms with van der Waals surface area (Å²) >= 11 is 0. The SMILES string of the molecule is N#Cc1cccnc1NC1CC(c2cc(=O)[nH]cn2)C1. The van der Waals surface area contributed by atoms with E-state index in [0.717, 1.165) is 18.5 Å². The quantitative estimate of drug-likeness (QED) is 0.876. The number of hydrogen-bond donors (Lipinski definition) is 2. The van der Waals surface area contributed by atoms with Crippen molar-refractivity contribution in [3.8, 4) is 6.07 Å². The number of anilines is 1. The van der Waals surface area contributed by atoms with Crippen molar-refractivity contribution in [2.45, 2.75) is 24.8 Å². The molecule has 1 saturated carbocycles. The molecular weight excluding hydrogens is 254 g/mol. The third-order valence-corrected chi connectivity index (χ3v) is 3.52. The van der Waals surface area contributed by atoms with Crippen LogP contribution < -0.4 is 10.9 Å². The smallest absolute Gasteiger partial charge is 0.250 e. The second-order valence-corrected chi connectivity index (χ2v) is 4.86. The van der Waals surface area contributed by atoms with E-state index in [1.807, 2.05) is 0 Å². The van der Waals surface area contributed by atoms with Crippen molar-refractivity contribution < 1.29 is 0 Å². The summed E-state index contributed by atoms with van der Waals surface area (Å²) in [5.74, 6) is 0.918. The van der Waals surface area contributed by atoms with E-state index < -0.39 is 0 Å². The topological polar surface area (TPSA) is 94.5 Å². The van der Waals surface area contributed by atoms with Gasteiger partial charge in [-0.15, -0.1) is 0 Å². The molecule has 6 heteroatoms. The van der Waals surface area contributed by atoms with Crippen LogP contribution in [0, 0.1) is 11.3 Å². The fourth-order valence-electron chi connectivity index (χ4n) is 2.39. The van der Waals surface area contributed by atoms with Gasteiger partial charge in [-0.2, -0.15) is 5.26 Å². The van der Waals surface area contributed by atoms with E-state index in [9.17, 15) is 4.79 Å². The summed E-state index contributed by atoms with van der Waals surface area (Å²) in [6.07, 6.45) is 4.87. The molecule has 3 rings (SSSR count). The molecule has 1 aliphatic carbocycles. The van der Waals surface area contributed by atoms with Crippen LogP contribution in [-0.2, 0) is 0 Å². The summed E-state index contributed by atoms with van der Waals surface area (Å²) in [4.78, 5) is 22.1. The highest BCUT2D eigenvalue weighted by Gasteiger charge is 2.32. The third kappa shape index (κ3) is 2.38. The van der Waals surface area contributed by atoms with E-state index in [-0.39, 0.29) is 11.6 Å². The molecule has 0 radical (unpaired) electrons. The fraction of sp³-hybridized carbons (Fsp3) is 0.286. The maximum absolute atomic E-state index is 11.2. The number of nitrogens with zero attached hydrogens (tertiary/aromatic N) is 3. The Morgan fingerprint density at radius 1 is 1.40 bits per heavy atom. The maximum Gasteiger partial charge on any atom is 0.250 e. The van der Waals surface area contributed by atoms with E-state index in [2.05, 4.69) is 26.3 Å². The van der Waals surface area contributed by atoms with Gasteiger partial charge in [0.1, 0.15) is 11.9 Å². The molecule has 0 spiro atoms. The number of pyridine rings is 1. The molecule has 0 unspecified atom stereocenters. The van der Waals surface area contributed by atoms with Crippen LogP contribution in [0.25, 0.3) is 0 Å². The fourth-order valence-corrected chi connectivity index (χ4v) is 2.39. The Morgan fingerprint density at radius 2 is 2.25 bits per heavy atom. The number of nitrogens with one attached hydrogen (secondary N) is 2. The van der Waals surface area contributed by atoms with Gasteiger partial charge in [-0.25, -0.2) is 9.97 Å². The zero-order valence-corrected chi connectivity index (χ0v) is 10.7. The average molecular weight is 267 g/mol. The predicted molar refractivity (Wildman–Crippen MR) is 73.2 cm³/mol. The number of hydrogen-bond acceptors (Lipinski definition) is 5. The van der Waals surface area contributed by atoms with Crippen LogP contribution in [0.4, 0.5) is 5.82 Å². The lowest BCUT2D eigenvalue weighted by Crippen LogP contribution is -2.35. The van der Waals surface area contributed by atoms with Crippen LogP contribution in [0.1, 0.15) is 30.0 Å². The zero-order valence-electron chi connectivity index (χ0n) is 10.7. The minimum Gasteiger partial charge on any atom is -0.366 e. The zero-order chi connectivity index (χ0) is 13.9. The van der Waals surface area contributed by atoms with Crippen molar-refractivity contribution in [1.29, 1.82) is 5.26 Å². The summed E-state index contributed by atoms with van der Waals surface area (Å²) in [6, 6.07) is 7.41. The maximum atomic E-state index is 11.2. The van der Waals surface area contributed by atoms with Crippen LogP contribution in [0.2, 0.25) is 0 Å². The summed E-state index contributed by atoms with van der Waals surface area (Å²) < 4.78 is 0. The molecule has 2 aromatic heterocycles.